The molecule has 94 valence electrons. The van der Waals surface area contributed by atoms with E-state index in [1.165, 1.54) is 31.2 Å². The van der Waals surface area contributed by atoms with Gasteiger partial charge in [-0.25, -0.2) is 0 Å². The number of fused-ring (bicyclic) bond motifs is 1. The van der Waals surface area contributed by atoms with Crippen LogP contribution in [0.25, 0.3) is 0 Å². The lowest BCUT2D eigenvalue weighted by molar-refractivity contribution is 0.625. The highest BCUT2D eigenvalue weighted by atomic mass is 14.9. The van der Waals surface area contributed by atoms with E-state index in [0.717, 1.165) is 26.1 Å². The summed E-state index contributed by atoms with van der Waals surface area (Å²) in [6.07, 6.45) is 6.30. The van der Waals surface area contributed by atoms with E-state index in [-0.39, 0.29) is 0 Å². The fourth-order valence-corrected chi connectivity index (χ4v) is 2.53. The number of benzene rings is 1. The van der Waals surface area contributed by atoms with Gasteiger partial charge in [0.25, 0.3) is 0 Å². The monoisotopic (exact) mass is 232 g/mol. The van der Waals surface area contributed by atoms with Crippen LogP contribution in [-0.2, 0) is 19.3 Å². The average molecular weight is 232 g/mol. The van der Waals surface area contributed by atoms with Gasteiger partial charge in [0.1, 0.15) is 0 Å². The molecule has 1 aliphatic rings. The third kappa shape index (κ3) is 3.83. The van der Waals surface area contributed by atoms with Crippen molar-refractivity contribution in [1.82, 2.24) is 10.6 Å². The summed E-state index contributed by atoms with van der Waals surface area (Å²) in [5.41, 5.74) is 4.67. The zero-order chi connectivity index (χ0) is 11.9. The molecule has 0 atom stereocenters. The second kappa shape index (κ2) is 6.77. The lowest BCUT2D eigenvalue weighted by Gasteiger charge is -2.06. The molecule has 2 N–H and O–H groups in total. The van der Waals surface area contributed by atoms with Gasteiger partial charge in [-0.1, -0.05) is 18.2 Å². The second-order valence-electron chi connectivity index (χ2n) is 4.91. The van der Waals surface area contributed by atoms with Crippen molar-refractivity contribution in [3.05, 3.63) is 34.9 Å². The fourth-order valence-electron chi connectivity index (χ4n) is 2.53. The summed E-state index contributed by atoms with van der Waals surface area (Å²) < 4.78 is 0. The van der Waals surface area contributed by atoms with Crippen molar-refractivity contribution in [3.63, 3.8) is 0 Å². The molecule has 2 nitrogen and oxygen atoms in total. The van der Waals surface area contributed by atoms with Gasteiger partial charge in [0.05, 0.1) is 0 Å². The van der Waals surface area contributed by atoms with Gasteiger partial charge in [-0.3, -0.25) is 0 Å². The van der Waals surface area contributed by atoms with Gasteiger partial charge in [0.15, 0.2) is 0 Å². The highest BCUT2D eigenvalue weighted by Gasteiger charge is 2.10. The summed E-state index contributed by atoms with van der Waals surface area (Å²) in [6, 6.07) is 7.05. The van der Waals surface area contributed by atoms with Crippen LogP contribution in [0.15, 0.2) is 18.2 Å². The molecule has 1 aromatic rings. The van der Waals surface area contributed by atoms with Crippen molar-refractivity contribution in [2.45, 2.75) is 32.1 Å². The van der Waals surface area contributed by atoms with Gasteiger partial charge >= 0.3 is 0 Å². The Labute approximate surface area is 105 Å². The highest BCUT2D eigenvalue weighted by Crippen LogP contribution is 2.22. The maximum absolute atomic E-state index is 3.50. The summed E-state index contributed by atoms with van der Waals surface area (Å²) in [5.74, 6) is 0. The molecule has 2 heteroatoms. The number of hydrogen-bond donors (Lipinski definition) is 2. The first-order valence-electron chi connectivity index (χ1n) is 6.86. The third-order valence-corrected chi connectivity index (χ3v) is 3.53. The Morgan fingerprint density at radius 2 is 1.94 bits per heavy atom. The predicted octanol–water partition coefficient (Wildman–Crippen LogP) is 1.92. The maximum atomic E-state index is 3.50. The minimum Gasteiger partial charge on any atom is -0.320 e. The van der Waals surface area contributed by atoms with Crippen LogP contribution in [0.1, 0.15) is 29.5 Å². The largest absolute Gasteiger partial charge is 0.320 e. The van der Waals surface area contributed by atoms with E-state index >= 15 is 0 Å². The standard InChI is InChI=1S/C15H24N2/c1-16-9-3-10-17-11-8-13-6-7-14-4-2-5-15(14)12-13/h6-7,12,16-17H,2-5,8-11H2,1H3. The smallest absolute Gasteiger partial charge is 0.000834 e. The van der Waals surface area contributed by atoms with Crippen molar-refractivity contribution in [2.24, 2.45) is 0 Å². The van der Waals surface area contributed by atoms with Crippen molar-refractivity contribution in [3.8, 4) is 0 Å². The van der Waals surface area contributed by atoms with E-state index < -0.39 is 0 Å². The van der Waals surface area contributed by atoms with Crippen LogP contribution in [0.2, 0.25) is 0 Å². The molecule has 0 amide bonds. The molecule has 0 spiro atoms. The third-order valence-electron chi connectivity index (χ3n) is 3.53. The lowest BCUT2D eigenvalue weighted by atomic mass is 10.0. The molecular formula is C15H24N2. The van der Waals surface area contributed by atoms with E-state index in [1.54, 1.807) is 11.1 Å². The van der Waals surface area contributed by atoms with Crippen LogP contribution < -0.4 is 10.6 Å². The molecule has 0 bridgehead atoms. The Kier molecular flexibility index (Phi) is 5.02. The van der Waals surface area contributed by atoms with E-state index in [4.69, 9.17) is 0 Å². The molecule has 1 aliphatic carbocycles. The van der Waals surface area contributed by atoms with Crippen LogP contribution in [-0.4, -0.2) is 26.7 Å². The molecule has 0 radical (unpaired) electrons. The number of aryl methyl sites for hydroxylation is 2. The number of nitrogens with one attached hydrogen (secondary N) is 2. The zero-order valence-electron chi connectivity index (χ0n) is 10.9. The summed E-state index contributed by atoms with van der Waals surface area (Å²) in [7, 11) is 2.00. The molecular weight excluding hydrogens is 208 g/mol. The quantitative estimate of drug-likeness (QED) is 0.702. The van der Waals surface area contributed by atoms with Crippen molar-refractivity contribution >= 4 is 0 Å². The van der Waals surface area contributed by atoms with Crippen LogP contribution in [0, 0.1) is 0 Å². The first kappa shape index (κ1) is 12.6. The normalized spacial score (nSPS) is 13.9. The van der Waals surface area contributed by atoms with Crippen LogP contribution in [0.3, 0.4) is 0 Å². The zero-order valence-corrected chi connectivity index (χ0v) is 10.9. The molecule has 0 unspecified atom stereocenters. The molecule has 0 saturated heterocycles. The molecule has 0 aliphatic heterocycles. The molecule has 0 aromatic heterocycles. The van der Waals surface area contributed by atoms with Crippen LogP contribution >= 0.6 is 0 Å². The van der Waals surface area contributed by atoms with E-state index in [9.17, 15) is 0 Å². The highest BCUT2D eigenvalue weighted by molar-refractivity contribution is 5.35. The SMILES string of the molecule is CNCCCNCCc1ccc2c(c1)CCC2. The van der Waals surface area contributed by atoms with Gasteiger partial charge in [-0.05, 0) is 75.5 Å². The van der Waals surface area contributed by atoms with Gasteiger partial charge in [-0.2, -0.15) is 0 Å². The summed E-state index contributed by atoms with van der Waals surface area (Å²) in [6.45, 7) is 3.32. The van der Waals surface area contributed by atoms with Gasteiger partial charge in [0.2, 0.25) is 0 Å². The molecule has 0 heterocycles. The Bertz CT molecular complexity index is 347. The number of hydrogen-bond acceptors (Lipinski definition) is 2. The lowest BCUT2D eigenvalue weighted by Crippen LogP contribution is -2.21. The Balaban J connectivity index is 1.69. The molecule has 1 aromatic carbocycles. The predicted molar refractivity (Wildman–Crippen MR) is 73.6 cm³/mol. The van der Waals surface area contributed by atoms with Gasteiger partial charge < -0.3 is 10.6 Å². The Morgan fingerprint density at radius 1 is 1.06 bits per heavy atom. The molecule has 17 heavy (non-hydrogen) atoms. The van der Waals surface area contributed by atoms with E-state index in [0.29, 0.717) is 0 Å². The van der Waals surface area contributed by atoms with Crippen LogP contribution in [0.5, 0.6) is 0 Å². The molecule has 0 fully saturated rings. The van der Waals surface area contributed by atoms with Crippen molar-refractivity contribution < 1.29 is 0 Å². The Morgan fingerprint density at radius 3 is 2.82 bits per heavy atom. The van der Waals surface area contributed by atoms with Crippen molar-refractivity contribution in [2.75, 3.05) is 26.7 Å². The number of rotatable bonds is 7. The summed E-state index contributed by atoms with van der Waals surface area (Å²) >= 11 is 0. The van der Waals surface area contributed by atoms with Gasteiger partial charge in [-0.15, -0.1) is 0 Å². The molecule has 0 saturated carbocycles. The minimum atomic E-state index is 1.10. The first-order valence-corrected chi connectivity index (χ1v) is 6.86. The summed E-state index contributed by atoms with van der Waals surface area (Å²) in [5, 5.41) is 6.66. The fraction of sp³-hybridized carbons (Fsp3) is 0.600. The van der Waals surface area contributed by atoms with Crippen molar-refractivity contribution in [1.29, 1.82) is 0 Å². The topological polar surface area (TPSA) is 24.1 Å². The average Bonchev–Trinajstić information content (AvgIpc) is 2.81. The molecule has 2 rings (SSSR count). The van der Waals surface area contributed by atoms with E-state index in [1.807, 2.05) is 7.05 Å². The Hall–Kier alpha value is -0.860. The van der Waals surface area contributed by atoms with E-state index in [2.05, 4.69) is 28.8 Å². The minimum absolute atomic E-state index is 1.10. The van der Waals surface area contributed by atoms with Crippen LogP contribution in [0.4, 0.5) is 0 Å². The first-order chi connectivity index (χ1) is 8.40. The second-order valence-corrected chi connectivity index (χ2v) is 4.91. The summed E-state index contributed by atoms with van der Waals surface area (Å²) in [4.78, 5) is 0. The van der Waals surface area contributed by atoms with Gasteiger partial charge in [0, 0.05) is 0 Å². The maximum Gasteiger partial charge on any atom is -0.000834 e.